The van der Waals surface area contributed by atoms with E-state index >= 15 is 0 Å². The second-order valence-electron chi connectivity index (χ2n) is 7.70. The quantitative estimate of drug-likeness (QED) is 0.782. The Morgan fingerprint density at radius 2 is 2.09 bits per heavy atom. The largest absolute Gasteiger partial charge is 0.472 e. The molecule has 4 heteroatoms. The summed E-state index contributed by atoms with van der Waals surface area (Å²) < 4.78 is 10.9. The molecule has 0 bridgehead atoms. The molecular weight excluding hydrogens is 280 g/mol. The maximum atomic E-state index is 12.8. The molecule has 2 fully saturated rings. The normalized spacial score (nSPS) is 36.9. The van der Waals surface area contributed by atoms with E-state index in [4.69, 9.17) is 9.15 Å². The van der Waals surface area contributed by atoms with Gasteiger partial charge in [0.05, 0.1) is 18.4 Å². The SMILES string of the molecule is CC(=O)O[C@@H]1CCC(C)(C)[C@@H]2CC(=O)[C@@H](c3ccoc3)[C@]12C. The third kappa shape index (κ3) is 2.11. The molecule has 22 heavy (non-hydrogen) atoms. The molecular formula is C18H24O4. The van der Waals surface area contributed by atoms with Crippen molar-refractivity contribution in [3.05, 3.63) is 24.2 Å². The molecule has 2 aliphatic carbocycles. The molecule has 0 spiro atoms. The standard InChI is InChI=1S/C18H24O4/c1-11(19)22-15-5-7-17(2,3)14-9-13(20)16(18(14,15)4)12-6-8-21-10-12/h6,8,10,14-16H,5,7,9H2,1-4H3/t14-,15+,16+,18-/m0/s1. The van der Waals surface area contributed by atoms with Crippen LogP contribution in [0.25, 0.3) is 0 Å². The fourth-order valence-electron chi connectivity index (χ4n) is 4.97. The summed E-state index contributed by atoms with van der Waals surface area (Å²) in [5.74, 6) is -0.0679. The molecule has 0 aromatic carbocycles. The summed E-state index contributed by atoms with van der Waals surface area (Å²) in [7, 11) is 0. The molecule has 1 aromatic rings. The number of hydrogen-bond acceptors (Lipinski definition) is 4. The summed E-state index contributed by atoms with van der Waals surface area (Å²) >= 11 is 0. The van der Waals surface area contributed by atoms with E-state index in [-0.39, 0.29) is 40.5 Å². The molecule has 0 unspecified atom stereocenters. The van der Waals surface area contributed by atoms with Crippen molar-refractivity contribution in [3.63, 3.8) is 0 Å². The molecule has 1 heterocycles. The molecule has 2 saturated carbocycles. The number of rotatable bonds is 2. The second-order valence-corrected chi connectivity index (χ2v) is 7.70. The van der Waals surface area contributed by atoms with Gasteiger partial charge in [-0.25, -0.2) is 0 Å². The highest BCUT2D eigenvalue weighted by Crippen LogP contribution is 2.63. The smallest absolute Gasteiger partial charge is 0.302 e. The van der Waals surface area contributed by atoms with Crippen molar-refractivity contribution in [1.82, 2.24) is 0 Å². The average Bonchev–Trinajstić information content (AvgIpc) is 3.00. The van der Waals surface area contributed by atoms with Crippen LogP contribution in [0.5, 0.6) is 0 Å². The van der Waals surface area contributed by atoms with E-state index in [1.165, 1.54) is 6.92 Å². The highest BCUT2D eigenvalue weighted by Gasteiger charge is 2.63. The lowest BCUT2D eigenvalue weighted by Crippen LogP contribution is -2.51. The van der Waals surface area contributed by atoms with E-state index < -0.39 is 0 Å². The van der Waals surface area contributed by atoms with Gasteiger partial charge in [0.15, 0.2) is 0 Å². The van der Waals surface area contributed by atoms with Crippen molar-refractivity contribution in [2.75, 3.05) is 0 Å². The second kappa shape index (κ2) is 4.97. The number of Topliss-reactive ketones (excluding diaryl/α,β-unsaturated/α-hetero) is 1. The van der Waals surface area contributed by atoms with Crippen LogP contribution < -0.4 is 0 Å². The van der Waals surface area contributed by atoms with Gasteiger partial charge in [-0.15, -0.1) is 0 Å². The van der Waals surface area contributed by atoms with Crippen LogP contribution in [-0.4, -0.2) is 17.9 Å². The molecule has 1 aromatic heterocycles. The van der Waals surface area contributed by atoms with Crippen LogP contribution in [-0.2, 0) is 14.3 Å². The predicted molar refractivity (Wildman–Crippen MR) is 81.2 cm³/mol. The Labute approximate surface area is 131 Å². The lowest BCUT2D eigenvalue weighted by atomic mass is 9.54. The first-order valence-corrected chi connectivity index (χ1v) is 7.99. The van der Waals surface area contributed by atoms with Crippen LogP contribution in [0.15, 0.2) is 23.0 Å². The number of carbonyl (C=O) groups excluding carboxylic acids is 2. The van der Waals surface area contributed by atoms with Gasteiger partial charge in [-0.2, -0.15) is 0 Å². The van der Waals surface area contributed by atoms with Crippen LogP contribution >= 0.6 is 0 Å². The van der Waals surface area contributed by atoms with Gasteiger partial charge in [-0.05, 0) is 30.2 Å². The van der Waals surface area contributed by atoms with Crippen LogP contribution in [0.3, 0.4) is 0 Å². The van der Waals surface area contributed by atoms with Crippen molar-refractivity contribution in [3.8, 4) is 0 Å². The molecule has 2 aliphatic rings. The third-order valence-electron chi connectivity index (χ3n) is 5.97. The molecule has 120 valence electrons. The fraction of sp³-hybridized carbons (Fsp3) is 0.667. The molecule has 0 amide bonds. The summed E-state index contributed by atoms with van der Waals surface area (Å²) in [4.78, 5) is 24.3. The maximum Gasteiger partial charge on any atom is 0.302 e. The van der Waals surface area contributed by atoms with Gasteiger partial charge < -0.3 is 9.15 Å². The Balaban J connectivity index is 2.08. The fourth-order valence-corrected chi connectivity index (χ4v) is 4.97. The lowest BCUT2D eigenvalue weighted by molar-refractivity contribution is -0.167. The minimum absolute atomic E-state index is 0.0690. The highest BCUT2D eigenvalue weighted by atomic mass is 16.5. The summed E-state index contributed by atoms with van der Waals surface area (Å²) in [6, 6.07) is 1.86. The van der Waals surface area contributed by atoms with E-state index in [9.17, 15) is 9.59 Å². The van der Waals surface area contributed by atoms with Gasteiger partial charge >= 0.3 is 5.97 Å². The van der Waals surface area contributed by atoms with Crippen LogP contribution in [0.2, 0.25) is 0 Å². The van der Waals surface area contributed by atoms with Gasteiger partial charge in [0, 0.05) is 24.3 Å². The zero-order chi connectivity index (χ0) is 16.1. The van der Waals surface area contributed by atoms with Gasteiger partial charge in [-0.3, -0.25) is 9.59 Å². The summed E-state index contributed by atoms with van der Waals surface area (Å²) in [5, 5.41) is 0. The van der Waals surface area contributed by atoms with E-state index in [1.54, 1.807) is 12.5 Å². The Morgan fingerprint density at radius 3 is 2.68 bits per heavy atom. The summed E-state index contributed by atoms with van der Waals surface area (Å²) in [6.45, 7) is 8.02. The minimum Gasteiger partial charge on any atom is -0.472 e. The minimum atomic E-state index is -0.367. The van der Waals surface area contributed by atoms with Gasteiger partial charge in [0.1, 0.15) is 11.9 Å². The van der Waals surface area contributed by atoms with Crippen molar-refractivity contribution >= 4 is 11.8 Å². The van der Waals surface area contributed by atoms with E-state index in [1.807, 2.05) is 6.07 Å². The monoisotopic (exact) mass is 304 g/mol. The number of ether oxygens (including phenoxy) is 1. The number of fused-ring (bicyclic) bond motifs is 1. The average molecular weight is 304 g/mol. The molecule has 4 nitrogen and oxygen atoms in total. The van der Waals surface area contributed by atoms with Gasteiger partial charge in [0.2, 0.25) is 0 Å². The predicted octanol–water partition coefficient (Wildman–Crippen LogP) is 3.71. The Morgan fingerprint density at radius 1 is 1.36 bits per heavy atom. The Bertz CT molecular complexity index is 586. The van der Waals surface area contributed by atoms with Gasteiger partial charge in [-0.1, -0.05) is 20.8 Å². The van der Waals surface area contributed by atoms with E-state index in [0.717, 1.165) is 18.4 Å². The van der Waals surface area contributed by atoms with Crippen molar-refractivity contribution in [2.45, 2.75) is 59.0 Å². The van der Waals surface area contributed by atoms with Crippen LogP contribution in [0, 0.1) is 16.7 Å². The molecule has 3 rings (SSSR count). The summed E-state index contributed by atoms with van der Waals surface area (Å²) in [6.07, 6.45) is 5.38. The van der Waals surface area contributed by atoms with Crippen LogP contribution in [0.4, 0.5) is 0 Å². The number of furan rings is 1. The molecule has 0 saturated heterocycles. The number of ketones is 1. The van der Waals surface area contributed by atoms with Crippen LogP contribution in [0.1, 0.15) is 58.4 Å². The number of carbonyl (C=O) groups is 2. The number of esters is 1. The van der Waals surface area contributed by atoms with E-state index in [0.29, 0.717) is 6.42 Å². The molecule has 0 aliphatic heterocycles. The topological polar surface area (TPSA) is 56.5 Å². The number of hydrogen-bond donors (Lipinski definition) is 0. The molecule has 4 atom stereocenters. The first-order valence-electron chi connectivity index (χ1n) is 7.99. The third-order valence-corrected chi connectivity index (χ3v) is 5.97. The van der Waals surface area contributed by atoms with Crippen molar-refractivity contribution in [1.29, 1.82) is 0 Å². The van der Waals surface area contributed by atoms with Gasteiger partial charge in [0.25, 0.3) is 0 Å². The molecule has 0 N–H and O–H groups in total. The lowest BCUT2D eigenvalue weighted by Gasteiger charge is -2.52. The Kier molecular flexibility index (Phi) is 3.46. The Hall–Kier alpha value is -1.58. The zero-order valence-corrected chi connectivity index (χ0v) is 13.7. The molecule has 0 radical (unpaired) electrons. The summed E-state index contributed by atoms with van der Waals surface area (Å²) in [5.41, 5.74) is 0.610. The highest BCUT2D eigenvalue weighted by molar-refractivity contribution is 5.90. The van der Waals surface area contributed by atoms with E-state index in [2.05, 4.69) is 20.8 Å². The first-order chi connectivity index (χ1) is 10.3. The van der Waals surface area contributed by atoms with Crippen molar-refractivity contribution in [2.24, 2.45) is 16.7 Å². The first kappa shape index (κ1) is 15.3. The van der Waals surface area contributed by atoms with Crippen molar-refractivity contribution < 1.29 is 18.7 Å². The zero-order valence-electron chi connectivity index (χ0n) is 13.7. The maximum absolute atomic E-state index is 12.8.